The Morgan fingerprint density at radius 2 is 2.00 bits per heavy atom. The average Bonchev–Trinajstić information content (AvgIpc) is 2.48. The highest BCUT2D eigenvalue weighted by atomic mass is 32.2. The second kappa shape index (κ2) is 8.17. The third-order valence-corrected chi connectivity index (χ3v) is 4.22. The molecule has 0 fully saturated rings. The van der Waals surface area contributed by atoms with E-state index in [-0.39, 0.29) is 5.82 Å². The van der Waals surface area contributed by atoms with Gasteiger partial charge in [0, 0.05) is 30.0 Å². The smallest absolute Gasteiger partial charge is 0.137 e. The van der Waals surface area contributed by atoms with Crippen LogP contribution in [0.5, 0.6) is 0 Å². The molecule has 0 spiro atoms. The fourth-order valence-electron chi connectivity index (χ4n) is 1.98. The lowest BCUT2D eigenvalue weighted by Crippen LogP contribution is -2.19. The first-order valence-corrected chi connectivity index (χ1v) is 7.74. The third-order valence-electron chi connectivity index (χ3n) is 3.18. The van der Waals surface area contributed by atoms with E-state index < -0.39 is 0 Å². The quantitative estimate of drug-likeness (QED) is 0.781. The molecule has 21 heavy (non-hydrogen) atoms. The van der Waals surface area contributed by atoms with Crippen molar-refractivity contribution >= 4 is 11.8 Å². The summed E-state index contributed by atoms with van der Waals surface area (Å²) in [6.07, 6.45) is 0. The molecule has 0 saturated carbocycles. The van der Waals surface area contributed by atoms with Gasteiger partial charge in [-0.15, -0.1) is 0 Å². The summed E-state index contributed by atoms with van der Waals surface area (Å²) < 4.78 is 18.7. The highest BCUT2D eigenvalue weighted by molar-refractivity contribution is 7.99. The van der Waals surface area contributed by atoms with Gasteiger partial charge in [-0.1, -0.05) is 30.0 Å². The number of nitrogens with one attached hydrogen (secondary N) is 1. The third kappa shape index (κ3) is 4.84. The zero-order valence-electron chi connectivity index (χ0n) is 12.4. The predicted octanol–water partition coefficient (Wildman–Crippen LogP) is 4.02. The minimum Gasteiger partial charge on any atom is -0.383 e. The molecule has 0 aliphatic rings. The Morgan fingerprint density at radius 1 is 1.19 bits per heavy atom. The minimum atomic E-state index is -0.175. The number of benzene rings is 2. The molecule has 2 rings (SSSR count). The summed E-state index contributed by atoms with van der Waals surface area (Å²) in [5.41, 5.74) is 2.46. The maximum Gasteiger partial charge on any atom is 0.137 e. The van der Waals surface area contributed by atoms with Crippen molar-refractivity contribution in [2.24, 2.45) is 0 Å². The Balaban J connectivity index is 2.00. The predicted molar refractivity (Wildman–Crippen MR) is 85.3 cm³/mol. The van der Waals surface area contributed by atoms with Crippen molar-refractivity contribution in [3.8, 4) is 0 Å². The van der Waals surface area contributed by atoms with Crippen LogP contribution in [0.15, 0.2) is 52.3 Å². The van der Waals surface area contributed by atoms with Gasteiger partial charge in [-0.05, 0) is 42.3 Å². The Labute approximate surface area is 129 Å². The first-order chi connectivity index (χ1) is 10.2. The maximum atomic E-state index is 13.7. The van der Waals surface area contributed by atoms with Gasteiger partial charge < -0.3 is 10.1 Å². The molecule has 0 unspecified atom stereocenters. The molecule has 0 aromatic heterocycles. The monoisotopic (exact) mass is 305 g/mol. The summed E-state index contributed by atoms with van der Waals surface area (Å²) in [5.74, 6) is -0.175. The molecule has 1 N–H and O–H groups in total. The van der Waals surface area contributed by atoms with Crippen LogP contribution in [0.1, 0.15) is 11.1 Å². The number of methoxy groups -OCH3 is 1. The average molecular weight is 305 g/mol. The molecule has 2 aromatic rings. The van der Waals surface area contributed by atoms with Gasteiger partial charge in [0.1, 0.15) is 5.82 Å². The minimum absolute atomic E-state index is 0.175. The van der Waals surface area contributed by atoms with E-state index in [1.54, 1.807) is 19.2 Å². The van der Waals surface area contributed by atoms with Crippen molar-refractivity contribution in [1.29, 1.82) is 0 Å². The summed E-state index contributed by atoms with van der Waals surface area (Å²) in [5, 5.41) is 3.33. The fraction of sp³-hybridized carbons (Fsp3) is 0.294. The molecule has 0 amide bonds. The Morgan fingerprint density at radius 3 is 2.71 bits per heavy atom. The molecule has 0 saturated heterocycles. The van der Waals surface area contributed by atoms with E-state index in [4.69, 9.17) is 4.74 Å². The van der Waals surface area contributed by atoms with Gasteiger partial charge in [-0.3, -0.25) is 0 Å². The topological polar surface area (TPSA) is 21.3 Å². The van der Waals surface area contributed by atoms with Gasteiger partial charge >= 0.3 is 0 Å². The number of hydrogen-bond acceptors (Lipinski definition) is 3. The van der Waals surface area contributed by atoms with E-state index in [1.807, 2.05) is 12.1 Å². The molecule has 0 atom stereocenters. The van der Waals surface area contributed by atoms with Gasteiger partial charge in [0.15, 0.2) is 0 Å². The van der Waals surface area contributed by atoms with E-state index in [2.05, 4.69) is 24.4 Å². The summed E-state index contributed by atoms with van der Waals surface area (Å²) in [4.78, 5) is 1.71. The largest absolute Gasteiger partial charge is 0.383 e. The highest BCUT2D eigenvalue weighted by Crippen LogP contribution is 2.30. The van der Waals surface area contributed by atoms with Gasteiger partial charge in [-0.2, -0.15) is 0 Å². The van der Waals surface area contributed by atoms with Crippen LogP contribution in [-0.4, -0.2) is 20.3 Å². The molecule has 2 aromatic carbocycles. The van der Waals surface area contributed by atoms with Crippen molar-refractivity contribution < 1.29 is 9.13 Å². The number of ether oxygens (including phenoxy) is 1. The molecule has 0 aliphatic carbocycles. The summed E-state index contributed by atoms with van der Waals surface area (Å²) >= 11 is 1.45. The second-order valence-electron chi connectivity index (χ2n) is 4.79. The molecule has 2 nitrogen and oxygen atoms in total. The van der Waals surface area contributed by atoms with Crippen LogP contribution in [0.2, 0.25) is 0 Å². The fourth-order valence-corrected chi connectivity index (χ4v) is 2.92. The van der Waals surface area contributed by atoms with Crippen LogP contribution in [0.25, 0.3) is 0 Å². The van der Waals surface area contributed by atoms with Gasteiger partial charge in [0.05, 0.1) is 6.61 Å². The van der Waals surface area contributed by atoms with Crippen LogP contribution < -0.4 is 5.32 Å². The van der Waals surface area contributed by atoms with Crippen molar-refractivity contribution in [1.82, 2.24) is 5.32 Å². The van der Waals surface area contributed by atoms with Crippen LogP contribution >= 0.6 is 11.8 Å². The maximum absolute atomic E-state index is 13.7. The lowest BCUT2D eigenvalue weighted by Gasteiger charge is -2.10. The van der Waals surface area contributed by atoms with E-state index in [1.165, 1.54) is 29.0 Å². The van der Waals surface area contributed by atoms with E-state index >= 15 is 0 Å². The first kappa shape index (κ1) is 16.0. The lowest BCUT2D eigenvalue weighted by atomic mass is 10.1. The highest BCUT2D eigenvalue weighted by Gasteiger charge is 2.05. The van der Waals surface area contributed by atoms with Crippen LogP contribution in [0.3, 0.4) is 0 Å². The zero-order chi connectivity index (χ0) is 15.1. The molecule has 0 radical (unpaired) electrons. The first-order valence-electron chi connectivity index (χ1n) is 6.92. The van der Waals surface area contributed by atoms with Crippen molar-refractivity contribution in [3.05, 3.63) is 59.4 Å². The number of halogens is 1. The van der Waals surface area contributed by atoms with Gasteiger partial charge in [-0.25, -0.2) is 4.39 Å². The van der Waals surface area contributed by atoms with Crippen molar-refractivity contribution in [3.63, 3.8) is 0 Å². The van der Waals surface area contributed by atoms with E-state index in [0.717, 1.165) is 18.0 Å². The molecule has 0 aliphatic heterocycles. The van der Waals surface area contributed by atoms with Crippen LogP contribution in [0, 0.1) is 12.7 Å². The molecule has 4 heteroatoms. The molecule has 0 heterocycles. The van der Waals surface area contributed by atoms with Crippen LogP contribution in [-0.2, 0) is 11.3 Å². The van der Waals surface area contributed by atoms with Crippen molar-refractivity contribution in [2.75, 3.05) is 20.3 Å². The number of rotatable bonds is 7. The number of aryl methyl sites for hydroxylation is 1. The van der Waals surface area contributed by atoms with Gasteiger partial charge in [0.2, 0.25) is 0 Å². The summed E-state index contributed by atoms with van der Waals surface area (Å²) in [6, 6.07) is 13.1. The number of hydrogen-bond donors (Lipinski definition) is 1. The van der Waals surface area contributed by atoms with E-state index in [9.17, 15) is 4.39 Å². The van der Waals surface area contributed by atoms with Gasteiger partial charge in [0.25, 0.3) is 0 Å². The second-order valence-corrected chi connectivity index (χ2v) is 5.91. The van der Waals surface area contributed by atoms with E-state index in [0.29, 0.717) is 11.5 Å². The lowest BCUT2D eigenvalue weighted by molar-refractivity contribution is 0.199. The molecular weight excluding hydrogens is 285 g/mol. The zero-order valence-corrected chi connectivity index (χ0v) is 13.2. The Bertz CT molecular complexity index is 589. The van der Waals surface area contributed by atoms with Crippen LogP contribution in [0.4, 0.5) is 4.39 Å². The summed E-state index contributed by atoms with van der Waals surface area (Å²) in [7, 11) is 1.70. The Hall–Kier alpha value is -1.36. The van der Waals surface area contributed by atoms with Crippen molar-refractivity contribution in [2.45, 2.75) is 23.3 Å². The molecular formula is C17H20FNOS. The standard InChI is InChI=1S/C17H20FNOS/c1-13-11-15(21-17-6-4-3-5-16(17)18)8-7-14(13)12-19-9-10-20-2/h3-8,11,19H,9-10,12H2,1-2H3. The summed E-state index contributed by atoms with van der Waals surface area (Å²) in [6.45, 7) is 4.44. The Kier molecular flexibility index (Phi) is 6.23. The molecule has 112 valence electrons. The SMILES string of the molecule is COCCNCc1ccc(Sc2ccccc2F)cc1C. The normalized spacial score (nSPS) is 10.8. The molecule has 0 bridgehead atoms.